The molecular weight excluding hydrogens is 870 g/mol. The van der Waals surface area contributed by atoms with Gasteiger partial charge in [0.2, 0.25) is 23.6 Å². The number of rotatable bonds is 19. The van der Waals surface area contributed by atoms with Gasteiger partial charge < -0.3 is 30.5 Å². The topological polar surface area (TPSA) is 194 Å². The number of benzene rings is 3. The molecule has 3 aromatic carbocycles. The zero-order chi connectivity index (χ0) is 45.7. The third-order valence-electron chi connectivity index (χ3n) is 10.9. The molecular formula is C46H56BrN9O7. The van der Waals surface area contributed by atoms with Gasteiger partial charge in [-0.15, -0.1) is 0 Å². The summed E-state index contributed by atoms with van der Waals surface area (Å²) < 4.78 is 6.68. The van der Waals surface area contributed by atoms with E-state index < -0.39 is 11.5 Å². The van der Waals surface area contributed by atoms with Crippen LogP contribution in [0.4, 0.5) is 11.4 Å². The maximum absolute atomic E-state index is 13.6. The Morgan fingerprint density at radius 2 is 1.81 bits per heavy atom. The molecule has 16 nitrogen and oxygen atoms in total. The standard InChI is InChI=1S/C46H56BrN9O7/c1-46(2)29-56(26-30-13-16-33(47)17-14-30)42(38(25-48-3)55(5)45(46)62)52-36-18-15-31(24-39(36)63-6)43(60)50-23-9-22-49-21-8-12-40(58)51-35-11-7-10-32(28-57)34(35)27-54(4)37-19-20-41(59)53-44(37)61/h7,10-11,13-18,24-25,28,37,49H,3,8-9,12,19-23,26-27,29H2,1-2,4-6H3,(H,50,60)(H,51,58)(H,53,59,61)/b38-25+,52-42+. The number of anilines is 1. The number of hydrogen-bond donors (Lipinski definition) is 4. The lowest BCUT2D eigenvalue weighted by molar-refractivity contribution is -0.138. The Morgan fingerprint density at radius 3 is 2.51 bits per heavy atom. The van der Waals surface area contributed by atoms with Gasteiger partial charge in [0.05, 0.1) is 24.8 Å². The molecule has 0 bridgehead atoms. The Kier molecular flexibility index (Phi) is 17.0. The first-order chi connectivity index (χ1) is 30.1. The SMILES string of the molecule is C=N/C=C1\C(=N/c2ccc(C(=O)NCCCNCCCC(=O)Nc3cccc(C=O)c3CN(C)C3CCC(=O)NC3=O)cc2OC)N(Cc2ccc(Br)cc2)CC(C)(C)C(=O)N1C. The van der Waals surface area contributed by atoms with Gasteiger partial charge in [0.1, 0.15) is 23.4 Å². The van der Waals surface area contributed by atoms with Crippen molar-refractivity contribution in [3.8, 4) is 5.75 Å². The Balaban J connectivity index is 1.13. The highest BCUT2D eigenvalue weighted by molar-refractivity contribution is 9.10. The predicted molar refractivity (Wildman–Crippen MR) is 246 cm³/mol. The van der Waals surface area contributed by atoms with Crippen molar-refractivity contribution in [2.75, 3.05) is 52.7 Å². The van der Waals surface area contributed by atoms with Crippen LogP contribution in [-0.4, -0.2) is 117 Å². The number of piperidine rings is 1. The minimum atomic E-state index is -0.751. The third-order valence-corrected chi connectivity index (χ3v) is 11.4. The second kappa shape index (κ2) is 22.4. The van der Waals surface area contributed by atoms with Crippen LogP contribution in [0, 0.1) is 5.41 Å². The van der Waals surface area contributed by atoms with Crippen molar-refractivity contribution in [2.45, 2.75) is 65.1 Å². The number of ether oxygens (including phenoxy) is 1. The van der Waals surface area contributed by atoms with Gasteiger partial charge in [-0.05, 0) is 102 Å². The molecule has 1 unspecified atom stereocenters. The second-order valence-electron chi connectivity index (χ2n) is 16.1. The van der Waals surface area contributed by atoms with Crippen LogP contribution in [-0.2, 0) is 32.3 Å². The molecule has 2 aliphatic heterocycles. The molecule has 0 saturated carbocycles. The van der Waals surface area contributed by atoms with Crippen molar-refractivity contribution in [3.05, 3.63) is 99.3 Å². The van der Waals surface area contributed by atoms with E-state index in [9.17, 15) is 28.8 Å². The van der Waals surface area contributed by atoms with Crippen LogP contribution in [0.25, 0.3) is 0 Å². The van der Waals surface area contributed by atoms with Crippen molar-refractivity contribution in [1.82, 2.24) is 30.7 Å². The molecule has 0 radical (unpaired) electrons. The number of amides is 5. The van der Waals surface area contributed by atoms with E-state index in [2.05, 4.69) is 48.9 Å². The number of carbonyl (C=O) groups is 6. The Bertz CT molecular complexity index is 2260. The van der Waals surface area contributed by atoms with Crippen molar-refractivity contribution in [3.63, 3.8) is 0 Å². The number of nitrogens with zero attached hydrogens (tertiary/aromatic N) is 5. The van der Waals surface area contributed by atoms with E-state index in [0.29, 0.717) is 97.3 Å². The van der Waals surface area contributed by atoms with Crippen LogP contribution in [0.1, 0.15) is 77.8 Å². The van der Waals surface area contributed by atoms with Gasteiger partial charge in [-0.2, -0.15) is 0 Å². The Morgan fingerprint density at radius 1 is 1.06 bits per heavy atom. The predicted octanol–water partition coefficient (Wildman–Crippen LogP) is 5.21. The summed E-state index contributed by atoms with van der Waals surface area (Å²) in [6.07, 6.45) is 4.29. The van der Waals surface area contributed by atoms with Crippen LogP contribution in [0.5, 0.6) is 5.75 Å². The van der Waals surface area contributed by atoms with E-state index >= 15 is 0 Å². The normalized spacial score (nSPS) is 17.7. The first kappa shape index (κ1) is 48.0. The number of likely N-dealkylation sites (N-methyl/N-ethyl adjacent to an activating group) is 2. The lowest BCUT2D eigenvalue weighted by Gasteiger charge is -2.30. The van der Waals surface area contributed by atoms with Gasteiger partial charge >= 0.3 is 0 Å². The van der Waals surface area contributed by atoms with Crippen molar-refractivity contribution in [2.24, 2.45) is 15.4 Å². The zero-order valence-corrected chi connectivity index (χ0v) is 38.0. The van der Waals surface area contributed by atoms with Crippen molar-refractivity contribution < 1.29 is 33.5 Å². The van der Waals surface area contributed by atoms with Crippen LogP contribution in [0.15, 0.2) is 87.0 Å². The maximum Gasteiger partial charge on any atom is 0.251 e. The summed E-state index contributed by atoms with van der Waals surface area (Å²) in [6, 6.07) is 17.5. The fraction of sp³-hybridized carbons (Fsp3) is 0.391. The summed E-state index contributed by atoms with van der Waals surface area (Å²) in [6.45, 7) is 10.1. The number of aldehydes is 1. The first-order valence-electron chi connectivity index (χ1n) is 20.8. The van der Waals surface area contributed by atoms with Crippen LogP contribution < -0.4 is 26.0 Å². The van der Waals surface area contributed by atoms with E-state index in [1.54, 1.807) is 60.3 Å². The second-order valence-corrected chi connectivity index (χ2v) is 17.0. The number of nitrogens with one attached hydrogen (secondary N) is 4. The van der Waals surface area contributed by atoms with Crippen LogP contribution >= 0.6 is 15.9 Å². The van der Waals surface area contributed by atoms with E-state index in [0.717, 1.165) is 16.3 Å². The number of hydrogen-bond acceptors (Lipinski definition) is 11. The van der Waals surface area contributed by atoms with E-state index in [1.165, 1.54) is 13.3 Å². The minimum Gasteiger partial charge on any atom is -0.494 e. The molecule has 3 aromatic rings. The summed E-state index contributed by atoms with van der Waals surface area (Å²) >= 11 is 3.50. The van der Waals surface area contributed by atoms with E-state index in [4.69, 9.17) is 9.73 Å². The minimum absolute atomic E-state index is 0.0929. The number of halogens is 1. The van der Waals surface area contributed by atoms with Gasteiger partial charge in [-0.25, -0.2) is 4.99 Å². The molecule has 63 heavy (non-hydrogen) atoms. The average molecular weight is 927 g/mol. The third kappa shape index (κ3) is 12.8. The molecule has 17 heteroatoms. The van der Waals surface area contributed by atoms with Gasteiger partial charge in [-0.1, -0.05) is 40.2 Å². The molecule has 334 valence electrons. The van der Waals surface area contributed by atoms with E-state index in [1.807, 2.05) is 43.0 Å². The fourth-order valence-corrected chi connectivity index (χ4v) is 7.78. The van der Waals surface area contributed by atoms with Gasteiger partial charge in [0.25, 0.3) is 5.91 Å². The maximum atomic E-state index is 13.6. The smallest absolute Gasteiger partial charge is 0.251 e. The quantitative estimate of drug-likeness (QED) is 0.0537. The van der Waals surface area contributed by atoms with Crippen molar-refractivity contribution in [1.29, 1.82) is 0 Å². The van der Waals surface area contributed by atoms with Gasteiger partial charge in [-0.3, -0.25) is 44.0 Å². The molecule has 0 spiro atoms. The van der Waals surface area contributed by atoms with Gasteiger partial charge in [0, 0.05) is 72.9 Å². The summed E-state index contributed by atoms with van der Waals surface area (Å²) in [4.78, 5) is 90.0. The molecule has 2 saturated heterocycles. The molecule has 4 N–H and O–H groups in total. The highest BCUT2D eigenvalue weighted by atomic mass is 79.9. The number of amidine groups is 1. The highest BCUT2D eigenvalue weighted by Gasteiger charge is 2.40. The van der Waals surface area contributed by atoms with Crippen LogP contribution in [0.3, 0.4) is 0 Å². The van der Waals surface area contributed by atoms with Crippen molar-refractivity contribution >= 4 is 75.7 Å². The van der Waals surface area contributed by atoms with E-state index in [-0.39, 0.29) is 48.9 Å². The summed E-state index contributed by atoms with van der Waals surface area (Å²) in [5, 5.41) is 11.5. The zero-order valence-electron chi connectivity index (χ0n) is 36.5. The lowest BCUT2D eigenvalue weighted by atomic mass is 9.91. The summed E-state index contributed by atoms with van der Waals surface area (Å²) in [5.74, 6) is -0.393. The molecule has 2 heterocycles. The lowest BCUT2D eigenvalue weighted by Crippen LogP contribution is -2.51. The fourth-order valence-electron chi connectivity index (χ4n) is 7.52. The summed E-state index contributed by atoms with van der Waals surface area (Å²) in [7, 11) is 4.96. The average Bonchev–Trinajstić information content (AvgIpc) is 3.31. The van der Waals surface area contributed by atoms with Crippen LogP contribution in [0.2, 0.25) is 0 Å². The molecule has 1 atom stereocenters. The largest absolute Gasteiger partial charge is 0.494 e. The molecule has 2 fully saturated rings. The Hall–Kier alpha value is -6.04. The summed E-state index contributed by atoms with van der Waals surface area (Å²) in [5.41, 5.74) is 3.09. The molecule has 0 aliphatic carbocycles. The Labute approximate surface area is 376 Å². The molecule has 5 rings (SSSR count). The molecule has 0 aromatic heterocycles. The number of aliphatic imine (C=N–C) groups is 2. The monoisotopic (exact) mass is 925 g/mol. The first-order valence-corrected chi connectivity index (χ1v) is 21.6. The molecule has 2 aliphatic rings. The number of carbonyl (C=O) groups excluding carboxylic acids is 6. The number of imide groups is 1. The highest BCUT2D eigenvalue weighted by Crippen LogP contribution is 2.34. The van der Waals surface area contributed by atoms with Gasteiger partial charge in [0.15, 0.2) is 5.84 Å². The number of methoxy groups -OCH3 is 1. The molecule has 5 amide bonds.